The number of nitrogens with two attached hydrogens (primary N) is 1. The summed E-state index contributed by atoms with van der Waals surface area (Å²) in [5.74, 6) is 5.77. The zero-order valence-electron chi connectivity index (χ0n) is 5.94. The summed E-state index contributed by atoms with van der Waals surface area (Å²) in [6.07, 6.45) is 0. The Bertz CT molecular complexity index is 222. The minimum absolute atomic E-state index is 0.565. The van der Waals surface area contributed by atoms with E-state index < -0.39 is 0 Å². The van der Waals surface area contributed by atoms with Crippen LogP contribution >= 0.6 is 12.6 Å². The van der Waals surface area contributed by atoms with Crippen LogP contribution in [0.5, 0.6) is 0 Å². The summed E-state index contributed by atoms with van der Waals surface area (Å²) >= 11 is 4.09. The highest BCUT2D eigenvalue weighted by Crippen LogP contribution is 2.11. The third-order valence-corrected chi connectivity index (χ3v) is 1.75. The van der Waals surface area contributed by atoms with E-state index in [0.717, 1.165) is 5.56 Å². The van der Waals surface area contributed by atoms with Crippen LogP contribution in [0.15, 0.2) is 24.3 Å². The summed E-state index contributed by atoms with van der Waals surface area (Å²) in [6.45, 7) is 0. The molecular formula is C7H10N2OS. The quantitative estimate of drug-likeness (QED) is 0.355. The van der Waals surface area contributed by atoms with Crippen molar-refractivity contribution >= 4 is 18.3 Å². The summed E-state index contributed by atoms with van der Waals surface area (Å²) in [4.78, 5) is 0. The topological polar surface area (TPSA) is 49.5 Å². The molecule has 0 fully saturated rings. The van der Waals surface area contributed by atoms with Gasteiger partial charge in [-0.05, 0) is 17.7 Å². The third kappa shape index (κ3) is 2.11. The van der Waals surface area contributed by atoms with Crippen LogP contribution in [0.2, 0.25) is 0 Å². The SMILES string of the molecule is NN(O)c1ccc(CS)cc1. The lowest BCUT2D eigenvalue weighted by atomic mass is 10.2. The van der Waals surface area contributed by atoms with E-state index in [9.17, 15) is 0 Å². The molecule has 60 valence electrons. The van der Waals surface area contributed by atoms with Gasteiger partial charge in [-0.2, -0.15) is 17.8 Å². The van der Waals surface area contributed by atoms with Crippen molar-refractivity contribution in [3.8, 4) is 0 Å². The Morgan fingerprint density at radius 2 is 1.91 bits per heavy atom. The van der Waals surface area contributed by atoms with Gasteiger partial charge in [0.05, 0.1) is 5.69 Å². The van der Waals surface area contributed by atoms with Crippen LogP contribution in [-0.2, 0) is 5.75 Å². The number of thiol groups is 1. The average Bonchev–Trinajstić information content (AvgIpc) is 2.05. The lowest BCUT2D eigenvalue weighted by Crippen LogP contribution is -2.25. The Kier molecular flexibility index (Phi) is 2.76. The van der Waals surface area contributed by atoms with Crippen LogP contribution in [0.4, 0.5) is 5.69 Å². The summed E-state index contributed by atoms with van der Waals surface area (Å²) < 4.78 is 0. The van der Waals surface area contributed by atoms with Crippen LogP contribution in [0, 0.1) is 0 Å². The average molecular weight is 170 g/mol. The standard InChI is InChI=1S/C7H10N2OS/c8-9(10)7-3-1-6(5-11)2-4-7/h1-4,10-11H,5,8H2. The molecule has 0 amide bonds. The highest BCUT2D eigenvalue weighted by molar-refractivity contribution is 7.79. The van der Waals surface area contributed by atoms with Crippen molar-refractivity contribution in [2.75, 3.05) is 5.17 Å². The Morgan fingerprint density at radius 3 is 2.27 bits per heavy atom. The first-order valence-electron chi connectivity index (χ1n) is 3.17. The fourth-order valence-corrected chi connectivity index (χ4v) is 0.965. The molecule has 3 N–H and O–H groups in total. The van der Waals surface area contributed by atoms with Crippen LogP contribution in [0.1, 0.15) is 5.56 Å². The van der Waals surface area contributed by atoms with Gasteiger partial charge in [0, 0.05) is 5.75 Å². The van der Waals surface area contributed by atoms with Crippen LogP contribution in [0.3, 0.4) is 0 Å². The number of hydrazine groups is 1. The highest BCUT2D eigenvalue weighted by atomic mass is 32.1. The molecule has 0 aromatic heterocycles. The minimum atomic E-state index is 0.565. The van der Waals surface area contributed by atoms with Gasteiger partial charge in [-0.3, -0.25) is 5.21 Å². The Labute approximate surface area is 70.8 Å². The van der Waals surface area contributed by atoms with Crippen molar-refractivity contribution in [2.45, 2.75) is 5.75 Å². The van der Waals surface area contributed by atoms with E-state index in [1.54, 1.807) is 12.1 Å². The third-order valence-electron chi connectivity index (χ3n) is 1.38. The summed E-state index contributed by atoms with van der Waals surface area (Å²) in [7, 11) is 0. The minimum Gasteiger partial charge on any atom is -0.273 e. The fourth-order valence-electron chi connectivity index (χ4n) is 0.754. The predicted molar refractivity (Wildman–Crippen MR) is 47.6 cm³/mol. The van der Waals surface area contributed by atoms with Crippen molar-refractivity contribution in [3.63, 3.8) is 0 Å². The smallest absolute Gasteiger partial charge is 0.0818 e. The van der Waals surface area contributed by atoms with Gasteiger partial charge >= 0.3 is 0 Å². The summed E-state index contributed by atoms with van der Waals surface area (Å²) in [5.41, 5.74) is 1.66. The number of benzene rings is 1. The molecule has 0 saturated heterocycles. The Morgan fingerprint density at radius 1 is 1.36 bits per heavy atom. The molecule has 0 spiro atoms. The Hall–Kier alpha value is -0.710. The second-order valence-corrected chi connectivity index (χ2v) is 2.49. The normalized spacial score (nSPS) is 9.73. The molecule has 1 aromatic rings. The zero-order valence-corrected chi connectivity index (χ0v) is 6.83. The largest absolute Gasteiger partial charge is 0.273 e. The van der Waals surface area contributed by atoms with Gasteiger partial charge in [0.2, 0.25) is 0 Å². The maximum atomic E-state index is 8.78. The number of hydrogen-bond donors (Lipinski definition) is 3. The number of nitrogens with zero attached hydrogens (tertiary/aromatic N) is 1. The van der Waals surface area contributed by atoms with Crippen molar-refractivity contribution < 1.29 is 5.21 Å². The van der Waals surface area contributed by atoms with E-state index in [0.29, 0.717) is 16.6 Å². The fraction of sp³-hybridized carbons (Fsp3) is 0.143. The molecular weight excluding hydrogens is 160 g/mol. The van der Waals surface area contributed by atoms with Crippen LogP contribution in [-0.4, -0.2) is 5.21 Å². The molecule has 0 aliphatic heterocycles. The molecule has 0 unspecified atom stereocenters. The number of rotatable bonds is 2. The first-order chi connectivity index (χ1) is 5.24. The van der Waals surface area contributed by atoms with E-state index >= 15 is 0 Å². The molecule has 0 radical (unpaired) electrons. The van der Waals surface area contributed by atoms with Gasteiger partial charge < -0.3 is 0 Å². The molecule has 3 nitrogen and oxygen atoms in total. The van der Waals surface area contributed by atoms with Crippen LogP contribution < -0.4 is 11.0 Å². The molecule has 0 atom stereocenters. The predicted octanol–water partition coefficient (Wildman–Crippen LogP) is 1.19. The molecule has 4 heteroatoms. The number of anilines is 1. The molecule has 11 heavy (non-hydrogen) atoms. The Balaban J connectivity index is 2.83. The monoisotopic (exact) mass is 170 g/mol. The van der Waals surface area contributed by atoms with Crippen molar-refractivity contribution in [1.29, 1.82) is 0 Å². The van der Waals surface area contributed by atoms with Crippen molar-refractivity contribution in [2.24, 2.45) is 5.84 Å². The number of hydrogen-bond acceptors (Lipinski definition) is 4. The molecule has 1 aromatic carbocycles. The molecule has 0 saturated carbocycles. The van der Waals surface area contributed by atoms with Gasteiger partial charge in [-0.1, -0.05) is 12.1 Å². The van der Waals surface area contributed by atoms with Gasteiger partial charge in [-0.25, -0.2) is 5.84 Å². The van der Waals surface area contributed by atoms with Gasteiger partial charge in [-0.15, -0.1) is 0 Å². The van der Waals surface area contributed by atoms with Crippen molar-refractivity contribution in [3.05, 3.63) is 29.8 Å². The van der Waals surface area contributed by atoms with Crippen LogP contribution in [0.25, 0.3) is 0 Å². The molecule has 0 bridgehead atoms. The van der Waals surface area contributed by atoms with Gasteiger partial charge in [0.25, 0.3) is 0 Å². The van der Waals surface area contributed by atoms with E-state index in [2.05, 4.69) is 12.6 Å². The van der Waals surface area contributed by atoms with E-state index in [1.165, 1.54) is 0 Å². The first kappa shape index (κ1) is 8.39. The first-order valence-corrected chi connectivity index (χ1v) is 3.81. The lowest BCUT2D eigenvalue weighted by Gasteiger charge is -2.08. The summed E-state index contributed by atoms with van der Waals surface area (Å²) in [5, 5.41) is 9.36. The molecule has 0 heterocycles. The zero-order chi connectivity index (χ0) is 8.27. The second kappa shape index (κ2) is 3.61. The summed E-state index contributed by atoms with van der Waals surface area (Å²) in [6, 6.07) is 7.17. The van der Waals surface area contributed by atoms with Crippen molar-refractivity contribution in [1.82, 2.24) is 0 Å². The maximum Gasteiger partial charge on any atom is 0.0818 e. The molecule has 0 aliphatic rings. The maximum absolute atomic E-state index is 8.78. The highest BCUT2D eigenvalue weighted by Gasteiger charge is 1.95. The van der Waals surface area contributed by atoms with E-state index in [1.807, 2.05) is 12.1 Å². The lowest BCUT2D eigenvalue weighted by molar-refractivity contribution is 0.258. The van der Waals surface area contributed by atoms with E-state index in [-0.39, 0.29) is 0 Å². The second-order valence-electron chi connectivity index (χ2n) is 2.17. The van der Waals surface area contributed by atoms with Gasteiger partial charge in [0.15, 0.2) is 0 Å². The van der Waals surface area contributed by atoms with Gasteiger partial charge in [0.1, 0.15) is 0 Å². The molecule has 1 rings (SSSR count). The molecule has 0 aliphatic carbocycles. The van der Waals surface area contributed by atoms with E-state index in [4.69, 9.17) is 11.0 Å².